The van der Waals surface area contributed by atoms with Crippen molar-refractivity contribution in [2.45, 2.75) is 30.2 Å². The molecule has 0 aromatic heterocycles. The van der Waals surface area contributed by atoms with Crippen LogP contribution in [0.25, 0.3) is 0 Å². The number of rotatable bonds is 3. The molecule has 5 heteroatoms. The van der Waals surface area contributed by atoms with Gasteiger partial charge in [0.15, 0.2) is 0 Å². The van der Waals surface area contributed by atoms with Crippen LogP contribution in [0.5, 0.6) is 0 Å². The van der Waals surface area contributed by atoms with Crippen molar-refractivity contribution in [3.05, 3.63) is 30.1 Å². The minimum atomic E-state index is -3.45. The maximum absolute atomic E-state index is 12.7. The van der Waals surface area contributed by atoms with Crippen molar-refractivity contribution in [2.75, 3.05) is 7.05 Å². The summed E-state index contributed by atoms with van der Waals surface area (Å²) in [5.41, 5.74) is 0. The van der Waals surface area contributed by atoms with Crippen LogP contribution in [0.4, 0.5) is 4.39 Å². The largest absolute Gasteiger partial charge is 0.243 e. The van der Waals surface area contributed by atoms with E-state index in [2.05, 4.69) is 0 Å². The molecule has 0 saturated heterocycles. The van der Waals surface area contributed by atoms with E-state index in [1.165, 1.54) is 28.6 Å². The quantitative estimate of drug-likeness (QED) is 0.814. The number of sulfonamides is 1. The zero-order chi connectivity index (χ0) is 11.8. The average molecular weight is 243 g/mol. The zero-order valence-corrected chi connectivity index (χ0v) is 9.87. The van der Waals surface area contributed by atoms with Gasteiger partial charge in [-0.05, 0) is 37.1 Å². The predicted octanol–water partition coefficient (Wildman–Crippen LogP) is 2.00. The van der Waals surface area contributed by atoms with Crippen LogP contribution in [-0.4, -0.2) is 25.8 Å². The van der Waals surface area contributed by atoms with Gasteiger partial charge in [-0.1, -0.05) is 6.42 Å². The van der Waals surface area contributed by atoms with Crippen molar-refractivity contribution in [1.82, 2.24) is 4.31 Å². The third-order valence-corrected chi connectivity index (χ3v) is 5.00. The third-order valence-electron chi connectivity index (χ3n) is 3.08. The van der Waals surface area contributed by atoms with Crippen molar-refractivity contribution in [3.8, 4) is 0 Å². The summed E-state index contributed by atoms with van der Waals surface area (Å²) in [5, 5.41) is 0. The van der Waals surface area contributed by atoms with Crippen LogP contribution < -0.4 is 0 Å². The normalized spacial score (nSPS) is 17.4. The molecule has 2 rings (SSSR count). The molecule has 1 fully saturated rings. The van der Waals surface area contributed by atoms with E-state index in [4.69, 9.17) is 0 Å². The predicted molar refractivity (Wildman–Crippen MR) is 59.0 cm³/mol. The van der Waals surface area contributed by atoms with Crippen molar-refractivity contribution in [2.24, 2.45) is 0 Å². The van der Waals surface area contributed by atoms with Crippen molar-refractivity contribution < 1.29 is 12.8 Å². The van der Waals surface area contributed by atoms with Gasteiger partial charge in [0.1, 0.15) is 5.82 Å². The molecule has 0 amide bonds. The molecule has 0 radical (unpaired) electrons. The third kappa shape index (κ3) is 1.97. The van der Waals surface area contributed by atoms with Crippen molar-refractivity contribution >= 4 is 10.0 Å². The highest BCUT2D eigenvalue weighted by Gasteiger charge is 2.31. The van der Waals surface area contributed by atoms with E-state index >= 15 is 0 Å². The Morgan fingerprint density at radius 1 is 1.25 bits per heavy atom. The number of hydrogen-bond donors (Lipinski definition) is 0. The maximum atomic E-state index is 12.7. The Morgan fingerprint density at radius 3 is 2.25 bits per heavy atom. The van der Waals surface area contributed by atoms with E-state index in [9.17, 15) is 12.8 Å². The molecule has 88 valence electrons. The average Bonchev–Trinajstić information content (AvgIpc) is 2.15. The van der Waals surface area contributed by atoms with Gasteiger partial charge >= 0.3 is 0 Å². The zero-order valence-electron chi connectivity index (χ0n) is 9.06. The lowest BCUT2D eigenvalue weighted by Crippen LogP contribution is -2.41. The molecule has 0 aliphatic heterocycles. The van der Waals surface area contributed by atoms with E-state index in [0.717, 1.165) is 19.3 Å². The van der Waals surface area contributed by atoms with E-state index in [1.54, 1.807) is 7.05 Å². The van der Waals surface area contributed by atoms with Crippen LogP contribution in [0.1, 0.15) is 19.3 Å². The van der Waals surface area contributed by atoms with E-state index in [0.29, 0.717) is 0 Å². The van der Waals surface area contributed by atoms with Gasteiger partial charge in [-0.2, -0.15) is 4.31 Å². The minimum Gasteiger partial charge on any atom is -0.207 e. The van der Waals surface area contributed by atoms with E-state index < -0.39 is 15.8 Å². The first-order chi connectivity index (χ1) is 7.51. The molecule has 16 heavy (non-hydrogen) atoms. The molecular weight excluding hydrogens is 229 g/mol. The first kappa shape index (κ1) is 11.5. The standard InChI is InChI=1S/C11H14FNO2S/c1-13(10-3-2-4-10)16(14,15)11-7-5-9(12)6-8-11/h5-8,10H,2-4H2,1H3. The van der Waals surface area contributed by atoms with Gasteiger partial charge in [0.05, 0.1) is 4.90 Å². The fourth-order valence-electron chi connectivity index (χ4n) is 1.72. The molecule has 3 nitrogen and oxygen atoms in total. The second kappa shape index (κ2) is 4.14. The van der Waals surface area contributed by atoms with Crippen LogP contribution >= 0.6 is 0 Å². The van der Waals surface area contributed by atoms with Crippen LogP contribution in [0.15, 0.2) is 29.2 Å². The first-order valence-electron chi connectivity index (χ1n) is 5.25. The van der Waals surface area contributed by atoms with Gasteiger partial charge in [-0.15, -0.1) is 0 Å². The van der Waals surface area contributed by atoms with Gasteiger partial charge in [0.2, 0.25) is 10.0 Å². The van der Waals surface area contributed by atoms with Crippen LogP contribution in [0.3, 0.4) is 0 Å². The molecule has 0 heterocycles. The first-order valence-corrected chi connectivity index (χ1v) is 6.69. The second-order valence-corrected chi connectivity index (χ2v) is 6.06. The fourth-order valence-corrected chi connectivity index (χ4v) is 3.14. The highest BCUT2D eigenvalue weighted by molar-refractivity contribution is 7.89. The van der Waals surface area contributed by atoms with Crippen LogP contribution in [-0.2, 0) is 10.0 Å². The Morgan fingerprint density at radius 2 is 1.81 bits per heavy atom. The second-order valence-electron chi connectivity index (χ2n) is 4.06. The lowest BCUT2D eigenvalue weighted by atomic mass is 9.94. The number of halogens is 1. The Kier molecular flexibility index (Phi) is 2.99. The number of nitrogens with zero attached hydrogens (tertiary/aromatic N) is 1. The molecule has 0 bridgehead atoms. The van der Waals surface area contributed by atoms with E-state index in [1.807, 2.05) is 0 Å². The van der Waals surface area contributed by atoms with Gasteiger partial charge in [-0.25, -0.2) is 12.8 Å². The number of hydrogen-bond acceptors (Lipinski definition) is 2. The summed E-state index contributed by atoms with van der Waals surface area (Å²) >= 11 is 0. The summed E-state index contributed by atoms with van der Waals surface area (Å²) in [4.78, 5) is 0.156. The summed E-state index contributed by atoms with van der Waals surface area (Å²) in [6, 6.07) is 5.05. The molecular formula is C11H14FNO2S. The summed E-state index contributed by atoms with van der Waals surface area (Å²) < 4.78 is 38.3. The van der Waals surface area contributed by atoms with E-state index in [-0.39, 0.29) is 10.9 Å². The molecule has 1 aliphatic carbocycles. The Balaban J connectivity index is 2.27. The van der Waals surface area contributed by atoms with Crippen molar-refractivity contribution in [3.63, 3.8) is 0 Å². The maximum Gasteiger partial charge on any atom is 0.243 e. The lowest BCUT2D eigenvalue weighted by molar-refractivity contribution is 0.249. The fraction of sp³-hybridized carbons (Fsp3) is 0.455. The lowest BCUT2D eigenvalue weighted by Gasteiger charge is -2.33. The summed E-state index contributed by atoms with van der Waals surface area (Å²) in [6.45, 7) is 0. The van der Waals surface area contributed by atoms with Gasteiger partial charge in [0, 0.05) is 13.1 Å². The number of benzene rings is 1. The molecule has 0 N–H and O–H groups in total. The smallest absolute Gasteiger partial charge is 0.207 e. The van der Waals surface area contributed by atoms with Crippen molar-refractivity contribution in [1.29, 1.82) is 0 Å². The highest BCUT2D eigenvalue weighted by Crippen LogP contribution is 2.28. The molecule has 0 atom stereocenters. The Labute approximate surface area is 94.9 Å². The summed E-state index contributed by atoms with van der Waals surface area (Å²) in [5.74, 6) is -0.426. The highest BCUT2D eigenvalue weighted by atomic mass is 32.2. The monoisotopic (exact) mass is 243 g/mol. The Bertz CT molecular complexity index is 465. The summed E-state index contributed by atoms with van der Waals surface area (Å²) in [7, 11) is -1.86. The summed E-state index contributed by atoms with van der Waals surface area (Å²) in [6.07, 6.45) is 2.90. The molecule has 1 aromatic rings. The van der Waals surface area contributed by atoms with Gasteiger partial charge in [-0.3, -0.25) is 0 Å². The molecule has 1 aliphatic rings. The minimum absolute atomic E-state index is 0.107. The molecule has 0 spiro atoms. The van der Waals surface area contributed by atoms with Crippen LogP contribution in [0.2, 0.25) is 0 Å². The molecule has 1 saturated carbocycles. The van der Waals surface area contributed by atoms with Gasteiger partial charge < -0.3 is 0 Å². The molecule has 1 aromatic carbocycles. The van der Waals surface area contributed by atoms with Gasteiger partial charge in [0.25, 0.3) is 0 Å². The molecule has 0 unspecified atom stereocenters. The Hall–Kier alpha value is -0.940. The SMILES string of the molecule is CN(C1CCC1)S(=O)(=O)c1ccc(F)cc1. The topological polar surface area (TPSA) is 37.4 Å². The van der Waals surface area contributed by atoms with Crippen LogP contribution in [0, 0.1) is 5.82 Å².